The normalized spacial score (nSPS) is 21.7. The van der Waals surface area contributed by atoms with E-state index in [1.807, 2.05) is 32.0 Å². The van der Waals surface area contributed by atoms with Crippen molar-refractivity contribution < 1.29 is 19.5 Å². The van der Waals surface area contributed by atoms with Crippen molar-refractivity contribution in [3.05, 3.63) is 35.0 Å². The van der Waals surface area contributed by atoms with E-state index in [9.17, 15) is 19.5 Å². The number of piperidine rings is 1. The van der Waals surface area contributed by atoms with Gasteiger partial charge in [-0.05, 0) is 38.3 Å². The van der Waals surface area contributed by atoms with Gasteiger partial charge in [0.15, 0.2) is 0 Å². The van der Waals surface area contributed by atoms with Gasteiger partial charge in [0.2, 0.25) is 5.91 Å². The van der Waals surface area contributed by atoms with Crippen molar-refractivity contribution in [2.75, 3.05) is 20.1 Å². The van der Waals surface area contributed by atoms with Crippen molar-refractivity contribution in [3.63, 3.8) is 0 Å². The van der Waals surface area contributed by atoms with E-state index in [0.717, 1.165) is 22.2 Å². The summed E-state index contributed by atoms with van der Waals surface area (Å²) in [6.07, 6.45) is 1.01. The van der Waals surface area contributed by atoms with Gasteiger partial charge < -0.3 is 19.9 Å². The van der Waals surface area contributed by atoms with Gasteiger partial charge >= 0.3 is 5.97 Å². The van der Waals surface area contributed by atoms with Crippen LogP contribution in [0.4, 0.5) is 0 Å². The summed E-state index contributed by atoms with van der Waals surface area (Å²) in [5.74, 6) is -1.83. The lowest BCUT2D eigenvalue weighted by Crippen LogP contribution is -2.56. The molecule has 1 atom stereocenters. The molecule has 2 aromatic rings. The minimum atomic E-state index is -0.931. The third-order valence-corrected chi connectivity index (χ3v) is 6.86. The molecule has 1 aromatic carbocycles. The standard InChI is InChI=1S/C21H25N3O4/c1-12-13(2)22-18-14(12)5-4-6-15(18)19(26)24-9-7-21(8-10-24)16(20(27)28)11-17(25)23(21)3/h4-6,16,22H,7-11H2,1-3H3,(H,27,28)/t16-/m1/s1. The van der Waals surface area contributed by atoms with E-state index in [1.165, 1.54) is 0 Å². The van der Waals surface area contributed by atoms with Gasteiger partial charge in [0.25, 0.3) is 5.91 Å². The first-order valence-corrected chi connectivity index (χ1v) is 9.63. The van der Waals surface area contributed by atoms with Crippen LogP contribution in [0.1, 0.15) is 40.9 Å². The number of H-pyrrole nitrogens is 1. The number of para-hydroxylation sites is 1. The molecule has 1 spiro atoms. The summed E-state index contributed by atoms with van der Waals surface area (Å²) < 4.78 is 0. The highest BCUT2D eigenvalue weighted by Gasteiger charge is 2.55. The predicted octanol–water partition coefficient (Wildman–Crippen LogP) is 2.32. The molecular formula is C21H25N3O4. The number of fused-ring (bicyclic) bond motifs is 1. The maximum Gasteiger partial charge on any atom is 0.309 e. The average Bonchev–Trinajstić information content (AvgIpc) is 3.11. The molecule has 0 aliphatic carbocycles. The smallest absolute Gasteiger partial charge is 0.309 e. The fourth-order valence-corrected chi connectivity index (χ4v) is 4.91. The first-order chi connectivity index (χ1) is 13.3. The van der Waals surface area contributed by atoms with Gasteiger partial charge in [-0.25, -0.2) is 0 Å². The largest absolute Gasteiger partial charge is 0.481 e. The van der Waals surface area contributed by atoms with Crippen LogP contribution < -0.4 is 0 Å². The van der Waals surface area contributed by atoms with Crippen molar-refractivity contribution in [1.29, 1.82) is 0 Å². The molecule has 1 aromatic heterocycles. The third-order valence-electron chi connectivity index (χ3n) is 6.86. The number of aromatic amines is 1. The molecule has 148 valence electrons. The summed E-state index contributed by atoms with van der Waals surface area (Å²) in [4.78, 5) is 43.8. The van der Waals surface area contributed by atoms with Crippen LogP contribution in [0, 0.1) is 19.8 Å². The molecule has 7 heteroatoms. The van der Waals surface area contributed by atoms with Crippen LogP contribution in [0.5, 0.6) is 0 Å². The zero-order valence-electron chi connectivity index (χ0n) is 16.4. The van der Waals surface area contributed by atoms with Gasteiger partial charge in [-0.3, -0.25) is 14.4 Å². The molecule has 28 heavy (non-hydrogen) atoms. The van der Waals surface area contributed by atoms with Crippen molar-refractivity contribution >= 4 is 28.7 Å². The van der Waals surface area contributed by atoms with Gasteiger partial charge in [0.1, 0.15) is 0 Å². The molecule has 0 radical (unpaired) electrons. The van der Waals surface area contributed by atoms with Crippen LogP contribution in [0.3, 0.4) is 0 Å². The van der Waals surface area contributed by atoms with Gasteiger partial charge in [-0.2, -0.15) is 0 Å². The lowest BCUT2D eigenvalue weighted by molar-refractivity contribution is -0.145. The molecule has 7 nitrogen and oxygen atoms in total. The molecule has 2 amide bonds. The van der Waals surface area contributed by atoms with Crippen LogP contribution in [0.25, 0.3) is 10.9 Å². The van der Waals surface area contributed by atoms with Crippen molar-refractivity contribution in [2.24, 2.45) is 5.92 Å². The Labute approximate surface area is 163 Å². The van der Waals surface area contributed by atoms with E-state index in [1.54, 1.807) is 16.8 Å². The maximum atomic E-state index is 13.2. The lowest BCUT2D eigenvalue weighted by Gasteiger charge is -2.45. The number of carboxylic acids is 1. The molecule has 0 bridgehead atoms. The number of hydrogen-bond donors (Lipinski definition) is 2. The number of aromatic nitrogens is 1. The molecular weight excluding hydrogens is 358 g/mol. The van der Waals surface area contributed by atoms with Crippen LogP contribution in [-0.2, 0) is 9.59 Å². The maximum absolute atomic E-state index is 13.2. The Bertz CT molecular complexity index is 985. The van der Waals surface area contributed by atoms with E-state index in [4.69, 9.17) is 0 Å². The molecule has 3 heterocycles. The molecule has 2 N–H and O–H groups in total. The zero-order chi connectivity index (χ0) is 20.2. The SMILES string of the molecule is Cc1[nH]c2c(C(=O)N3CCC4(CC3)[C@@H](C(=O)O)CC(=O)N4C)cccc2c1C. The van der Waals surface area contributed by atoms with Gasteiger partial charge in [-0.1, -0.05) is 12.1 Å². The van der Waals surface area contributed by atoms with Crippen LogP contribution >= 0.6 is 0 Å². The van der Waals surface area contributed by atoms with Gasteiger partial charge in [-0.15, -0.1) is 0 Å². The number of aliphatic carboxylic acids is 1. The monoisotopic (exact) mass is 383 g/mol. The topological polar surface area (TPSA) is 93.7 Å². The summed E-state index contributed by atoms with van der Waals surface area (Å²) in [5, 5.41) is 10.6. The molecule has 0 unspecified atom stereocenters. The number of hydrogen-bond acceptors (Lipinski definition) is 3. The molecule has 2 aliphatic heterocycles. The predicted molar refractivity (Wildman–Crippen MR) is 104 cm³/mol. The average molecular weight is 383 g/mol. The fourth-order valence-electron chi connectivity index (χ4n) is 4.91. The van der Waals surface area contributed by atoms with E-state index >= 15 is 0 Å². The molecule has 2 fully saturated rings. The van der Waals surface area contributed by atoms with Crippen molar-refractivity contribution in [1.82, 2.24) is 14.8 Å². The number of nitrogens with zero attached hydrogens (tertiary/aromatic N) is 2. The van der Waals surface area contributed by atoms with Crippen LogP contribution in [0.15, 0.2) is 18.2 Å². The first kappa shape index (κ1) is 18.5. The molecule has 4 rings (SSSR count). The zero-order valence-corrected chi connectivity index (χ0v) is 16.4. The Morgan fingerprint density at radius 1 is 1.21 bits per heavy atom. The van der Waals surface area contributed by atoms with Gasteiger partial charge in [0.05, 0.1) is 22.5 Å². The van der Waals surface area contributed by atoms with E-state index in [0.29, 0.717) is 31.5 Å². The number of carbonyl (C=O) groups is 3. The highest BCUT2D eigenvalue weighted by molar-refractivity contribution is 6.06. The summed E-state index contributed by atoms with van der Waals surface area (Å²) in [5.41, 5.74) is 2.97. The van der Waals surface area contributed by atoms with Crippen molar-refractivity contribution in [2.45, 2.75) is 38.6 Å². The minimum absolute atomic E-state index is 0.0418. The molecule has 2 aliphatic rings. The number of benzene rings is 1. The summed E-state index contributed by atoms with van der Waals surface area (Å²) >= 11 is 0. The van der Waals surface area contributed by atoms with Crippen LogP contribution in [0.2, 0.25) is 0 Å². The summed E-state index contributed by atoms with van der Waals surface area (Å²) in [6, 6.07) is 5.73. The fraction of sp³-hybridized carbons (Fsp3) is 0.476. The summed E-state index contributed by atoms with van der Waals surface area (Å²) in [6.45, 7) is 4.91. The van der Waals surface area contributed by atoms with E-state index in [2.05, 4.69) is 4.98 Å². The Hall–Kier alpha value is -2.83. The Kier molecular flexibility index (Phi) is 4.21. The Morgan fingerprint density at radius 3 is 2.54 bits per heavy atom. The molecule has 2 saturated heterocycles. The number of carboxylic acid groups (broad SMARTS) is 1. The number of likely N-dealkylation sites (tertiary alicyclic amines) is 2. The first-order valence-electron chi connectivity index (χ1n) is 9.63. The second kappa shape index (κ2) is 6.36. The molecule has 0 saturated carbocycles. The number of rotatable bonds is 2. The Morgan fingerprint density at radius 2 is 1.89 bits per heavy atom. The van der Waals surface area contributed by atoms with Gasteiger partial charge in [0, 0.05) is 37.6 Å². The Balaban J connectivity index is 1.59. The van der Waals surface area contributed by atoms with E-state index < -0.39 is 17.4 Å². The summed E-state index contributed by atoms with van der Waals surface area (Å²) in [7, 11) is 1.69. The lowest BCUT2D eigenvalue weighted by atomic mass is 9.77. The number of amides is 2. The van der Waals surface area contributed by atoms with Crippen LogP contribution in [-0.4, -0.2) is 63.4 Å². The highest BCUT2D eigenvalue weighted by atomic mass is 16.4. The second-order valence-electron chi connectivity index (χ2n) is 8.05. The minimum Gasteiger partial charge on any atom is -0.481 e. The van der Waals surface area contributed by atoms with Crippen molar-refractivity contribution in [3.8, 4) is 0 Å². The third kappa shape index (κ3) is 2.52. The van der Waals surface area contributed by atoms with E-state index in [-0.39, 0.29) is 18.2 Å². The highest BCUT2D eigenvalue weighted by Crippen LogP contribution is 2.43. The quantitative estimate of drug-likeness (QED) is 0.832. The number of nitrogens with one attached hydrogen (secondary N) is 1. The number of carbonyl (C=O) groups excluding carboxylic acids is 2. The second-order valence-corrected chi connectivity index (χ2v) is 8.05. The number of aryl methyl sites for hydroxylation is 2.